The van der Waals surface area contributed by atoms with E-state index in [9.17, 15) is 19.2 Å². The van der Waals surface area contributed by atoms with Crippen LogP contribution in [0.5, 0.6) is 0 Å². The SMILES string of the molecule is COC(=O)N[C@H](C(=O)N1CCCC1C1=CC=C(c2ccc(-c3ccc(C4=CN=C([C@@H]5CCCN5C(=O)[C@@H](NC(=O)OC)[C@@H](C)OC)C4)cc3)cc2)C1)[C@@H](C)OC. The van der Waals surface area contributed by atoms with Crippen LogP contribution in [-0.2, 0) is 28.5 Å². The van der Waals surface area contributed by atoms with E-state index in [1.54, 1.807) is 13.8 Å². The lowest BCUT2D eigenvalue weighted by Gasteiger charge is -2.32. The number of allylic oxidation sites excluding steroid dienone is 4. The zero-order chi connectivity index (χ0) is 39.9. The number of carbonyl (C=O) groups excluding carboxylic acids is 4. The molecule has 0 bridgehead atoms. The molecule has 2 aromatic carbocycles. The second-order valence-corrected chi connectivity index (χ2v) is 14.7. The number of methoxy groups -OCH3 is 4. The molecule has 13 heteroatoms. The third-order valence-electron chi connectivity index (χ3n) is 11.5. The smallest absolute Gasteiger partial charge is 0.407 e. The number of rotatable bonds is 13. The Kier molecular flexibility index (Phi) is 13.1. The molecule has 56 heavy (non-hydrogen) atoms. The van der Waals surface area contributed by atoms with Crippen molar-refractivity contribution >= 4 is 40.9 Å². The molecule has 13 nitrogen and oxygen atoms in total. The zero-order valence-corrected chi connectivity index (χ0v) is 33.1. The van der Waals surface area contributed by atoms with Crippen molar-refractivity contribution in [1.82, 2.24) is 20.4 Å². The molecule has 4 aliphatic rings. The number of nitrogens with zero attached hydrogens (tertiary/aromatic N) is 3. The highest BCUT2D eigenvalue weighted by atomic mass is 16.5. The first-order valence-corrected chi connectivity index (χ1v) is 19.3. The van der Waals surface area contributed by atoms with Gasteiger partial charge in [0.2, 0.25) is 11.8 Å². The molecule has 3 heterocycles. The molecule has 0 spiro atoms. The maximum atomic E-state index is 13.7. The summed E-state index contributed by atoms with van der Waals surface area (Å²) in [6, 6.07) is 15.2. The van der Waals surface area contributed by atoms with Gasteiger partial charge in [0.15, 0.2) is 0 Å². The Morgan fingerprint density at radius 2 is 1.11 bits per heavy atom. The maximum absolute atomic E-state index is 13.7. The fraction of sp³-hybridized carbons (Fsp3) is 0.465. The maximum Gasteiger partial charge on any atom is 0.407 e. The van der Waals surface area contributed by atoms with Gasteiger partial charge in [0, 0.05) is 45.6 Å². The lowest BCUT2D eigenvalue weighted by Crippen LogP contribution is -2.56. The summed E-state index contributed by atoms with van der Waals surface area (Å²) in [6.07, 6.45) is 8.62. The topological polar surface area (TPSA) is 148 Å². The number of likely N-dealkylation sites (tertiary alicyclic amines) is 2. The Morgan fingerprint density at radius 3 is 1.61 bits per heavy atom. The van der Waals surface area contributed by atoms with Gasteiger partial charge in [-0.25, -0.2) is 9.59 Å². The predicted molar refractivity (Wildman–Crippen MR) is 214 cm³/mol. The summed E-state index contributed by atoms with van der Waals surface area (Å²) in [6.45, 7) is 4.72. The van der Waals surface area contributed by atoms with Crippen molar-refractivity contribution in [3.63, 3.8) is 0 Å². The van der Waals surface area contributed by atoms with Gasteiger partial charge >= 0.3 is 12.2 Å². The van der Waals surface area contributed by atoms with E-state index in [0.29, 0.717) is 19.5 Å². The van der Waals surface area contributed by atoms with Crippen LogP contribution in [0.4, 0.5) is 9.59 Å². The van der Waals surface area contributed by atoms with Crippen LogP contribution in [-0.4, -0.2) is 117 Å². The minimum atomic E-state index is -0.865. The molecule has 2 aromatic rings. The van der Waals surface area contributed by atoms with Gasteiger partial charge in [-0.3, -0.25) is 14.6 Å². The van der Waals surface area contributed by atoms with E-state index in [1.807, 2.05) is 16.0 Å². The molecule has 3 aliphatic heterocycles. The lowest BCUT2D eigenvalue weighted by atomic mass is 9.94. The summed E-state index contributed by atoms with van der Waals surface area (Å²) in [5.74, 6) is -0.372. The van der Waals surface area contributed by atoms with Crippen LogP contribution < -0.4 is 10.6 Å². The van der Waals surface area contributed by atoms with E-state index in [1.165, 1.54) is 39.6 Å². The van der Waals surface area contributed by atoms with Gasteiger partial charge in [-0.05, 0) is 84.9 Å². The van der Waals surface area contributed by atoms with Crippen molar-refractivity contribution in [3.05, 3.63) is 83.6 Å². The van der Waals surface area contributed by atoms with Crippen molar-refractivity contribution in [2.24, 2.45) is 4.99 Å². The van der Waals surface area contributed by atoms with Gasteiger partial charge in [0.25, 0.3) is 0 Å². The van der Waals surface area contributed by atoms with Gasteiger partial charge in [-0.2, -0.15) is 0 Å². The first-order chi connectivity index (χ1) is 27.1. The Hall–Kier alpha value is -5.27. The number of nitrogens with one attached hydrogen (secondary N) is 2. The van der Waals surface area contributed by atoms with Crippen LogP contribution in [0.15, 0.2) is 77.4 Å². The average molecular weight is 768 g/mol. The Labute approximate surface area is 328 Å². The minimum absolute atomic E-state index is 0.0384. The fourth-order valence-electron chi connectivity index (χ4n) is 8.11. The third-order valence-corrected chi connectivity index (χ3v) is 11.5. The van der Waals surface area contributed by atoms with Crippen LogP contribution in [0.25, 0.3) is 22.3 Å². The average Bonchev–Trinajstić information content (AvgIpc) is 4.08. The van der Waals surface area contributed by atoms with Gasteiger partial charge in [-0.15, -0.1) is 0 Å². The molecular weight excluding hydrogens is 714 g/mol. The summed E-state index contributed by atoms with van der Waals surface area (Å²) in [5, 5.41) is 5.30. The number of ether oxygens (including phenoxy) is 4. The molecular formula is C43H53N5O8. The standard InChI is InChI=1S/C43H53N5O8/c1-26(53-3)38(45-42(51)55-5)40(49)47-21-7-9-36(47)33-20-19-32(23-33)30-15-11-28(12-16-30)29-13-17-31(18-14-29)34-24-35(44-25-34)37-10-8-22-48(37)41(50)39(27(2)54-4)46-43(52)56-6/h11-20,25-27,36-39H,7-10,21-24H2,1-6H3,(H,45,51)(H,46,52)/t26-,27-,36?,37+,38+,39+/m1/s1. The molecule has 6 atom stereocenters. The van der Waals surface area contributed by atoms with Gasteiger partial charge in [0.1, 0.15) is 12.1 Å². The van der Waals surface area contributed by atoms with Crippen molar-refractivity contribution in [2.75, 3.05) is 41.5 Å². The number of amides is 4. The van der Waals surface area contributed by atoms with E-state index in [4.69, 9.17) is 23.9 Å². The predicted octanol–water partition coefficient (Wildman–Crippen LogP) is 5.75. The largest absolute Gasteiger partial charge is 0.453 e. The number of hydrogen-bond acceptors (Lipinski definition) is 9. The minimum Gasteiger partial charge on any atom is -0.453 e. The zero-order valence-electron chi connectivity index (χ0n) is 33.1. The molecule has 2 N–H and O–H groups in total. The molecule has 2 fully saturated rings. The molecule has 1 unspecified atom stereocenters. The number of alkyl carbamates (subject to hydrolysis) is 2. The van der Waals surface area contributed by atoms with Crippen molar-refractivity contribution in [2.45, 2.75) is 88.7 Å². The fourth-order valence-corrected chi connectivity index (χ4v) is 8.11. The molecule has 0 saturated carbocycles. The lowest BCUT2D eigenvalue weighted by molar-refractivity contribution is -0.137. The number of aliphatic imine (C=N–C) groups is 1. The van der Waals surface area contributed by atoms with Crippen LogP contribution in [0.2, 0.25) is 0 Å². The van der Waals surface area contributed by atoms with Crippen LogP contribution in [0.3, 0.4) is 0 Å². The van der Waals surface area contributed by atoms with Crippen LogP contribution in [0.1, 0.15) is 63.5 Å². The second kappa shape index (κ2) is 18.1. The van der Waals surface area contributed by atoms with Crippen molar-refractivity contribution < 1.29 is 38.1 Å². The van der Waals surface area contributed by atoms with E-state index in [2.05, 4.69) is 71.3 Å². The normalized spacial score (nSPS) is 21.3. The molecule has 4 amide bonds. The Bertz CT molecular complexity index is 1770. The van der Waals surface area contributed by atoms with Crippen LogP contribution in [0, 0.1) is 0 Å². The Morgan fingerprint density at radius 1 is 0.643 bits per heavy atom. The van der Waals surface area contributed by atoms with E-state index in [-0.39, 0.29) is 23.9 Å². The molecule has 1 aliphatic carbocycles. The van der Waals surface area contributed by atoms with Crippen molar-refractivity contribution in [3.8, 4) is 11.1 Å². The molecule has 298 valence electrons. The van der Waals surface area contributed by atoms with Crippen molar-refractivity contribution in [1.29, 1.82) is 0 Å². The second-order valence-electron chi connectivity index (χ2n) is 14.7. The highest BCUT2D eigenvalue weighted by molar-refractivity contribution is 6.04. The third kappa shape index (κ3) is 8.74. The van der Waals surface area contributed by atoms with Crippen LogP contribution >= 0.6 is 0 Å². The number of benzene rings is 2. The molecule has 2 saturated heterocycles. The molecule has 0 aromatic heterocycles. The first-order valence-electron chi connectivity index (χ1n) is 19.3. The summed E-state index contributed by atoms with van der Waals surface area (Å²) in [7, 11) is 5.58. The Balaban J connectivity index is 1.04. The number of hydrogen-bond donors (Lipinski definition) is 2. The summed E-state index contributed by atoms with van der Waals surface area (Å²) in [5.41, 5.74) is 8.85. The summed E-state index contributed by atoms with van der Waals surface area (Å²) < 4.78 is 20.4. The van der Waals surface area contributed by atoms with Gasteiger partial charge in [0.05, 0.1) is 38.5 Å². The van der Waals surface area contributed by atoms with E-state index < -0.39 is 36.5 Å². The highest BCUT2D eigenvalue weighted by Gasteiger charge is 2.40. The van der Waals surface area contributed by atoms with E-state index in [0.717, 1.165) is 65.6 Å². The monoisotopic (exact) mass is 767 g/mol. The number of carbonyl (C=O) groups is 4. The van der Waals surface area contributed by atoms with E-state index >= 15 is 0 Å². The molecule has 6 rings (SSSR count). The van der Waals surface area contributed by atoms with Gasteiger partial charge < -0.3 is 39.4 Å². The quantitative estimate of drug-likeness (QED) is 0.262. The highest BCUT2D eigenvalue weighted by Crippen LogP contribution is 2.37. The summed E-state index contributed by atoms with van der Waals surface area (Å²) >= 11 is 0. The van der Waals surface area contributed by atoms with Gasteiger partial charge in [-0.1, -0.05) is 60.7 Å². The summed E-state index contributed by atoms with van der Waals surface area (Å²) in [4.78, 5) is 59.8. The first kappa shape index (κ1) is 40.4. The molecule has 0 radical (unpaired) electrons.